The maximum absolute atomic E-state index is 3.36. The van der Waals surface area contributed by atoms with Crippen LogP contribution in [0.25, 0.3) is 0 Å². The van der Waals surface area contributed by atoms with Crippen LogP contribution < -0.4 is 5.32 Å². The highest BCUT2D eigenvalue weighted by molar-refractivity contribution is 4.90. The van der Waals surface area contributed by atoms with Crippen LogP contribution in [0.2, 0.25) is 0 Å². The van der Waals surface area contributed by atoms with Gasteiger partial charge in [-0.25, -0.2) is 0 Å². The Morgan fingerprint density at radius 2 is 2.08 bits per heavy atom. The highest BCUT2D eigenvalue weighted by Gasteiger charge is 2.37. The van der Waals surface area contributed by atoms with E-state index in [2.05, 4.69) is 24.3 Å². The third-order valence-electron chi connectivity index (χ3n) is 3.70. The fourth-order valence-corrected chi connectivity index (χ4v) is 2.80. The third-order valence-corrected chi connectivity index (χ3v) is 3.70. The lowest BCUT2D eigenvalue weighted by Gasteiger charge is -2.22. The van der Waals surface area contributed by atoms with Crippen molar-refractivity contribution < 1.29 is 0 Å². The molecule has 13 heavy (non-hydrogen) atoms. The van der Waals surface area contributed by atoms with E-state index in [1.165, 1.54) is 38.9 Å². The molecule has 2 rings (SSSR count). The molecule has 2 heteroatoms. The van der Waals surface area contributed by atoms with Gasteiger partial charge in [-0.1, -0.05) is 0 Å². The maximum atomic E-state index is 3.36. The van der Waals surface area contributed by atoms with Gasteiger partial charge in [0.15, 0.2) is 0 Å². The molecule has 1 saturated heterocycles. The van der Waals surface area contributed by atoms with Gasteiger partial charge >= 0.3 is 0 Å². The summed E-state index contributed by atoms with van der Waals surface area (Å²) in [5, 5.41) is 3.36. The molecule has 0 aromatic rings. The largest absolute Gasteiger partial charge is 0.319 e. The zero-order chi connectivity index (χ0) is 9.26. The van der Waals surface area contributed by atoms with E-state index in [-0.39, 0.29) is 0 Å². The molecule has 1 saturated carbocycles. The van der Waals surface area contributed by atoms with Gasteiger partial charge in [-0.3, -0.25) is 0 Å². The molecule has 2 nitrogen and oxygen atoms in total. The molecule has 2 aliphatic rings. The molecule has 0 radical (unpaired) electrons. The van der Waals surface area contributed by atoms with E-state index in [4.69, 9.17) is 0 Å². The summed E-state index contributed by atoms with van der Waals surface area (Å²) in [7, 11) is 4.34. The van der Waals surface area contributed by atoms with Crippen LogP contribution in [0.15, 0.2) is 0 Å². The van der Waals surface area contributed by atoms with Gasteiger partial charge in [-0.2, -0.15) is 0 Å². The molecule has 0 aromatic heterocycles. The predicted molar refractivity (Wildman–Crippen MR) is 55.7 cm³/mol. The SMILES string of the molecule is CNCC(C1CC1)C1CCN(C)C1. The first-order valence-electron chi connectivity index (χ1n) is 5.64. The van der Waals surface area contributed by atoms with Crippen LogP contribution in [0.5, 0.6) is 0 Å². The molecule has 0 spiro atoms. The van der Waals surface area contributed by atoms with Crippen LogP contribution in [-0.2, 0) is 0 Å². The van der Waals surface area contributed by atoms with E-state index in [1.807, 2.05) is 0 Å². The Morgan fingerprint density at radius 3 is 2.54 bits per heavy atom. The molecule has 0 amide bonds. The lowest BCUT2D eigenvalue weighted by Crippen LogP contribution is -2.29. The van der Waals surface area contributed by atoms with Crippen LogP contribution in [-0.4, -0.2) is 38.6 Å². The van der Waals surface area contributed by atoms with Gasteiger partial charge < -0.3 is 10.2 Å². The number of rotatable bonds is 4. The number of likely N-dealkylation sites (tertiary alicyclic amines) is 1. The van der Waals surface area contributed by atoms with Gasteiger partial charge in [-0.05, 0) is 64.2 Å². The Hall–Kier alpha value is -0.0800. The normalized spacial score (nSPS) is 32.3. The van der Waals surface area contributed by atoms with Crippen molar-refractivity contribution in [3.8, 4) is 0 Å². The summed E-state index contributed by atoms with van der Waals surface area (Å²) >= 11 is 0. The van der Waals surface area contributed by atoms with Crippen LogP contribution in [0.3, 0.4) is 0 Å². The second-order valence-electron chi connectivity index (χ2n) is 4.87. The topological polar surface area (TPSA) is 15.3 Å². The van der Waals surface area contributed by atoms with E-state index in [0.717, 1.165) is 17.8 Å². The maximum Gasteiger partial charge on any atom is 0.00103 e. The second kappa shape index (κ2) is 3.97. The smallest absolute Gasteiger partial charge is 0.00103 e. The van der Waals surface area contributed by atoms with E-state index in [1.54, 1.807) is 0 Å². The zero-order valence-corrected chi connectivity index (χ0v) is 8.92. The molecule has 0 aromatic carbocycles. The number of nitrogens with one attached hydrogen (secondary N) is 1. The van der Waals surface area contributed by atoms with Gasteiger partial charge in [0.05, 0.1) is 0 Å². The third kappa shape index (κ3) is 2.23. The first-order chi connectivity index (χ1) is 6.31. The summed E-state index contributed by atoms with van der Waals surface area (Å²) in [4.78, 5) is 2.48. The molecule has 1 aliphatic heterocycles. The molecule has 2 fully saturated rings. The van der Waals surface area contributed by atoms with Gasteiger partial charge in [-0.15, -0.1) is 0 Å². The summed E-state index contributed by atoms with van der Waals surface area (Å²) in [6, 6.07) is 0. The minimum absolute atomic E-state index is 0.968. The molecular weight excluding hydrogens is 160 g/mol. The van der Waals surface area contributed by atoms with E-state index in [9.17, 15) is 0 Å². The van der Waals surface area contributed by atoms with Gasteiger partial charge in [0.1, 0.15) is 0 Å². The number of nitrogens with zero attached hydrogens (tertiary/aromatic N) is 1. The van der Waals surface area contributed by atoms with Crippen LogP contribution >= 0.6 is 0 Å². The number of hydrogen-bond acceptors (Lipinski definition) is 2. The van der Waals surface area contributed by atoms with E-state index in [0.29, 0.717) is 0 Å². The Balaban J connectivity index is 1.87. The highest BCUT2D eigenvalue weighted by atomic mass is 15.1. The minimum Gasteiger partial charge on any atom is -0.319 e. The molecule has 2 atom stereocenters. The molecule has 76 valence electrons. The van der Waals surface area contributed by atoms with E-state index >= 15 is 0 Å². The van der Waals surface area contributed by atoms with Crippen LogP contribution in [0.1, 0.15) is 19.3 Å². The van der Waals surface area contributed by atoms with Crippen molar-refractivity contribution in [2.24, 2.45) is 17.8 Å². The fourth-order valence-electron chi connectivity index (χ4n) is 2.80. The monoisotopic (exact) mass is 182 g/mol. The molecule has 0 bridgehead atoms. The molecular formula is C11H22N2. The Labute approximate surface area is 81.7 Å². The quantitative estimate of drug-likeness (QED) is 0.702. The van der Waals surface area contributed by atoms with Gasteiger partial charge in [0.2, 0.25) is 0 Å². The summed E-state index contributed by atoms with van der Waals surface area (Å²) in [6.45, 7) is 3.89. The van der Waals surface area contributed by atoms with Crippen molar-refractivity contribution in [2.45, 2.75) is 19.3 Å². The van der Waals surface area contributed by atoms with Crippen molar-refractivity contribution >= 4 is 0 Å². The molecule has 1 N–H and O–H groups in total. The predicted octanol–water partition coefficient (Wildman–Crippen LogP) is 1.18. The summed E-state index contributed by atoms with van der Waals surface area (Å²) < 4.78 is 0. The highest BCUT2D eigenvalue weighted by Crippen LogP contribution is 2.42. The van der Waals surface area contributed by atoms with Gasteiger partial charge in [0.25, 0.3) is 0 Å². The lowest BCUT2D eigenvalue weighted by atomic mass is 9.87. The standard InChI is InChI=1S/C11H22N2/c1-12-7-11(9-3-4-9)10-5-6-13(2)8-10/h9-12H,3-8H2,1-2H3. The summed E-state index contributed by atoms with van der Waals surface area (Å²) in [5.74, 6) is 3.00. The first-order valence-corrected chi connectivity index (χ1v) is 5.64. The molecule has 1 heterocycles. The van der Waals surface area contributed by atoms with Gasteiger partial charge in [0, 0.05) is 6.54 Å². The van der Waals surface area contributed by atoms with Crippen LogP contribution in [0, 0.1) is 17.8 Å². The Morgan fingerprint density at radius 1 is 1.31 bits per heavy atom. The molecule has 1 aliphatic carbocycles. The second-order valence-corrected chi connectivity index (χ2v) is 4.87. The summed E-state index contributed by atoms with van der Waals surface area (Å²) in [5.41, 5.74) is 0. The lowest BCUT2D eigenvalue weighted by molar-refractivity contribution is 0.284. The fraction of sp³-hybridized carbons (Fsp3) is 1.00. The van der Waals surface area contributed by atoms with Crippen molar-refractivity contribution in [3.05, 3.63) is 0 Å². The van der Waals surface area contributed by atoms with E-state index < -0.39 is 0 Å². The summed E-state index contributed by atoms with van der Waals surface area (Å²) in [6.07, 6.45) is 4.42. The van der Waals surface area contributed by atoms with Crippen molar-refractivity contribution in [1.29, 1.82) is 0 Å². The average molecular weight is 182 g/mol. The molecule has 2 unspecified atom stereocenters. The van der Waals surface area contributed by atoms with Crippen molar-refractivity contribution in [1.82, 2.24) is 10.2 Å². The Bertz CT molecular complexity index is 165. The number of hydrogen-bond donors (Lipinski definition) is 1. The van der Waals surface area contributed by atoms with Crippen molar-refractivity contribution in [3.63, 3.8) is 0 Å². The van der Waals surface area contributed by atoms with Crippen LogP contribution in [0.4, 0.5) is 0 Å². The Kier molecular flexibility index (Phi) is 2.89. The van der Waals surface area contributed by atoms with Crippen molar-refractivity contribution in [2.75, 3.05) is 33.7 Å². The average Bonchev–Trinajstić information content (AvgIpc) is 2.85. The first kappa shape index (κ1) is 9.47. The zero-order valence-electron chi connectivity index (χ0n) is 8.92. The minimum atomic E-state index is 0.968.